The number of benzene rings is 2. The van der Waals surface area contributed by atoms with E-state index in [1.807, 2.05) is 36.4 Å². The van der Waals surface area contributed by atoms with Crippen molar-refractivity contribution in [1.82, 2.24) is 14.6 Å². The quantitative estimate of drug-likeness (QED) is 0.389. The van der Waals surface area contributed by atoms with Gasteiger partial charge in [-0.2, -0.15) is 4.52 Å². The second-order valence-electron chi connectivity index (χ2n) is 6.60. The van der Waals surface area contributed by atoms with Crippen molar-refractivity contribution in [2.24, 2.45) is 0 Å². The van der Waals surface area contributed by atoms with Gasteiger partial charge in [0.05, 0.1) is 10.0 Å². The fraction of sp³-hybridized carbons (Fsp3) is 0.0455. The molecule has 5 nitrogen and oxygen atoms in total. The fourth-order valence-electron chi connectivity index (χ4n) is 3.13. The third-order valence-corrected chi connectivity index (χ3v) is 6.33. The lowest BCUT2D eigenvalue weighted by molar-refractivity contribution is 0.571. The number of hydrogen-bond acceptors (Lipinski definition) is 5. The lowest BCUT2D eigenvalue weighted by Crippen LogP contribution is -2.23. The van der Waals surface area contributed by atoms with E-state index in [0.29, 0.717) is 48.9 Å². The molecule has 0 N–H and O–H groups in total. The van der Waals surface area contributed by atoms with Crippen LogP contribution in [-0.2, 0) is 6.42 Å². The van der Waals surface area contributed by atoms with Crippen LogP contribution in [0.4, 0.5) is 0 Å². The first-order valence-corrected chi connectivity index (χ1v) is 10.6. The average molecular weight is 454 g/mol. The molecule has 5 rings (SSSR count). The van der Waals surface area contributed by atoms with E-state index >= 15 is 0 Å². The minimum absolute atomic E-state index is 0.222. The van der Waals surface area contributed by atoms with Gasteiger partial charge in [-0.1, -0.05) is 70.9 Å². The average Bonchev–Trinajstić information content (AvgIpc) is 3.43. The molecule has 5 aromatic rings. The first-order valence-electron chi connectivity index (χ1n) is 9.07. The molecule has 30 heavy (non-hydrogen) atoms. The largest absolute Gasteiger partial charge is 0.457 e. The number of halogens is 2. The second-order valence-corrected chi connectivity index (χ2v) is 8.40. The molecular weight excluding hydrogens is 441 g/mol. The molecule has 0 saturated heterocycles. The molecular formula is C22H13Cl2N3O2S. The molecule has 0 spiro atoms. The van der Waals surface area contributed by atoms with Gasteiger partial charge in [0, 0.05) is 18.1 Å². The van der Waals surface area contributed by atoms with Gasteiger partial charge in [0.15, 0.2) is 5.82 Å². The summed E-state index contributed by atoms with van der Waals surface area (Å²) in [4.78, 5) is 17.8. The predicted molar refractivity (Wildman–Crippen MR) is 119 cm³/mol. The smallest absolute Gasteiger partial charge is 0.291 e. The number of nitrogens with zero attached hydrogens (tertiary/aromatic N) is 3. The Labute approximate surface area is 184 Å². The molecule has 2 aromatic carbocycles. The van der Waals surface area contributed by atoms with E-state index in [9.17, 15) is 4.79 Å². The van der Waals surface area contributed by atoms with Crippen molar-refractivity contribution in [1.29, 1.82) is 0 Å². The van der Waals surface area contributed by atoms with Crippen LogP contribution >= 0.6 is 34.5 Å². The highest BCUT2D eigenvalue weighted by Gasteiger charge is 2.13. The maximum absolute atomic E-state index is 12.7. The monoisotopic (exact) mass is 453 g/mol. The van der Waals surface area contributed by atoms with Gasteiger partial charge in [-0.3, -0.25) is 4.79 Å². The third kappa shape index (κ3) is 3.54. The van der Waals surface area contributed by atoms with Crippen LogP contribution in [0.2, 0.25) is 10.0 Å². The SMILES string of the molecule is O=c1c(=Cc2ccc(-c3cccc(Cl)c3Cl)o2)sc2nc(Cc3ccccc3)nn12. The van der Waals surface area contributed by atoms with Crippen LogP contribution in [0.3, 0.4) is 0 Å². The normalized spacial score (nSPS) is 12.1. The van der Waals surface area contributed by atoms with Crippen LogP contribution in [0, 0.1) is 0 Å². The Morgan fingerprint density at radius 2 is 1.87 bits per heavy atom. The summed E-state index contributed by atoms with van der Waals surface area (Å²) in [6.45, 7) is 0. The maximum Gasteiger partial charge on any atom is 0.291 e. The minimum atomic E-state index is -0.222. The fourth-order valence-corrected chi connectivity index (χ4v) is 4.43. The Bertz CT molecular complexity index is 1470. The molecule has 0 radical (unpaired) electrons. The van der Waals surface area contributed by atoms with Crippen molar-refractivity contribution < 1.29 is 4.42 Å². The molecule has 8 heteroatoms. The highest BCUT2D eigenvalue weighted by Crippen LogP contribution is 2.34. The molecule has 0 unspecified atom stereocenters. The minimum Gasteiger partial charge on any atom is -0.457 e. The van der Waals surface area contributed by atoms with Gasteiger partial charge in [0.2, 0.25) is 4.96 Å². The molecule has 0 atom stereocenters. The number of fused-ring (bicyclic) bond motifs is 1. The van der Waals surface area contributed by atoms with Gasteiger partial charge in [-0.25, -0.2) is 4.98 Å². The lowest BCUT2D eigenvalue weighted by Gasteiger charge is -2.01. The Kier molecular flexibility index (Phi) is 4.90. The molecule has 0 fully saturated rings. The summed E-state index contributed by atoms with van der Waals surface area (Å²) >= 11 is 13.6. The van der Waals surface area contributed by atoms with Crippen LogP contribution in [0.5, 0.6) is 0 Å². The summed E-state index contributed by atoms with van der Waals surface area (Å²) in [6, 6.07) is 18.8. The van der Waals surface area contributed by atoms with E-state index in [1.54, 1.807) is 30.3 Å². The number of aromatic nitrogens is 3. The van der Waals surface area contributed by atoms with E-state index in [1.165, 1.54) is 15.9 Å². The molecule has 0 aliphatic heterocycles. The Balaban J connectivity index is 1.47. The predicted octanol–water partition coefficient (Wildman–Crippen LogP) is 4.86. The summed E-state index contributed by atoms with van der Waals surface area (Å²) in [7, 11) is 0. The van der Waals surface area contributed by atoms with E-state index in [2.05, 4.69) is 10.1 Å². The molecule has 0 bridgehead atoms. The summed E-state index contributed by atoms with van der Waals surface area (Å²) in [6.07, 6.45) is 2.26. The van der Waals surface area contributed by atoms with Crippen LogP contribution in [0.15, 0.2) is 69.9 Å². The molecule has 0 saturated carbocycles. The zero-order chi connectivity index (χ0) is 20.7. The standard InChI is InChI=1S/C22H13Cl2N3O2S/c23-16-8-4-7-15(20(16)24)17-10-9-14(29-17)12-18-21(28)27-22(30-18)25-19(26-27)11-13-5-2-1-3-6-13/h1-10,12H,11H2. The van der Waals surface area contributed by atoms with Gasteiger partial charge in [0.1, 0.15) is 16.1 Å². The van der Waals surface area contributed by atoms with Crippen molar-refractivity contribution in [3.63, 3.8) is 0 Å². The van der Waals surface area contributed by atoms with Crippen LogP contribution in [0.1, 0.15) is 17.1 Å². The zero-order valence-corrected chi connectivity index (χ0v) is 17.7. The molecule has 3 heterocycles. The van der Waals surface area contributed by atoms with Crippen molar-refractivity contribution in [2.45, 2.75) is 6.42 Å². The maximum atomic E-state index is 12.7. The molecule has 0 amide bonds. The second kappa shape index (κ2) is 7.72. The Morgan fingerprint density at radius 3 is 2.67 bits per heavy atom. The highest BCUT2D eigenvalue weighted by atomic mass is 35.5. The molecule has 0 aliphatic carbocycles. The van der Waals surface area contributed by atoms with Crippen molar-refractivity contribution in [2.75, 3.05) is 0 Å². The van der Waals surface area contributed by atoms with Crippen LogP contribution < -0.4 is 10.1 Å². The van der Waals surface area contributed by atoms with Crippen molar-refractivity contribution >= 4 is 45.6 Å². The zero-order valence-electron chi connectivity index (χ0n) is 15.4. The van der Waals surface area contributed by atoms with Gasteiger partial charge in [0.25, 0.3) is 5.56 Å². The molecule has 0 aliphatic rings. The number of thiazole rings is 1. The molecule has 3 aromatic heterocycles. The number of furan rings is 1. The van der Waals surface area contributed by atoms with E-state index < -0.39 is 0 Å². The van der Waals surface area contributed by atoms with Crippen molar-refractivity contribution in [3.05, 3.63) is 103 Å². The van der Waals surface area contributed by atoms with Gasteiger partial charge in [-0.15, -0.1) is 5.10 Å². The summed E-state index contributed by atoms with van der Waals surface area (Å²) in [5, 5.41) is 5.24. The first-order chi connectivity index (χ1) is 14.6. The Morgan fingerprint density at radius 1 is 1.03 bits per heavy atom. The number of rotatable bonds is 4. The van der Waals surface area contributed by atoms with Gasteiger partial charge >= 0.3 is 0 Å². The van der Waals surface area contributed by atoms with Crippen LogP contribution in [-0.4, -0.2) is 14.6 Å². The summed E-state index contributed by atoms with van der Waals surface area (Å²) in [5.74, 6) is 1.73. The van der Waals surface area contributed by atoms with E-state index in [0.717, 1.165) is 5.56 Å². The van der Waals surface area contributed by atoms with Crippen LogP contribution in [0.25, 0.3) is 22.4 Å². The van der Waals surface area contributed by atoms with E-state index in [-0.39, 0.29) is 5.56 Å². The molecule has 148 valence electrons. The van der Waals surface area contributed by atoms with Crippen molar-refractivity contribution in [3.8, 4) is 11.3 Å². The Hall–Kier alpha value is -2.93. The van der Waals surface area contributed by atoms with Gasteiger partial charge in [-0.05, 0) is 29.8 Å². The topological polar surface area (TPSA) is 60.4 Å². The number of hydrogen-bond donors (Lipinski definition) is 0. The highest BCUT2D eigenvalue weighted by molar-refractivity contribution is 7.15. The van der Waals surface area contributed by atoms with Gasteiger partial charge < -0.3 is 4.42 Å². The third-order valence-electron chi connectivity index (χ3n) is 4.55. The summed E-state index contributed by atoms with van der Waals surface area (Å²) in [5.41, 5.74) is 1.57. The summed E-state index contributed by atoms with van der Waals surface area (Å²) < 4.78 is 7.69. The first kappa shape index (κ1) is 19.1. The lowest BCUT2D eigenvalue weighted by atomic mass is 10.1. The van der Waals surface area contributed by atoms with E-state index in [4.69, 9.17) is 27.6 Å².